The van der Waals surface area contributed by atoms with Gasteiger partial charge < -0.3 is 20.6 Å². The lowest BCUT2D eigenvalue weighted by molar-refractivity contribution is -0.136. The number of nitrogens with zero attached hydrogens (tertiary/aromatic N) is 3. The van der Waals surface area contributed by atoms with Gasteiger partial charge in [-0.25, -0.2) is 0 Å². The summed E-state index contributed by atoms with van der Waals surface area (Å²) in [4.78, 5) is 21.3. The summed E-state index contributed by atoms with van der Waals surface area (Å²) in [5, 5.41) is 10.7. The molecule has 0 spiro atoms. The number of aromatic hydroxyl groups is 1. The van der Waals surface area contributed by atoms with E-state index in [2.05, 4.69) is 40.3 Å². The van der Waals surface area contributed by atoms with Gasteiger partial charge in [-0.2, -0.15) is 0 Å². The van der Waals surface area contributed by atoms with Crippen LogP contribution in [0, 0.1) is 5.92 Å². The summed E-state index contributed by atoms with van der Waals surface area (Å²) in [6.07, 6.45) is 4.74. The third kappa shape index (κ3) is 6.92. The van der Waals surface area contributed by atoms with Gasteiger partial charge in [0.2, 0.25) is 5.91 Å². The molecule has 1 amide bonds. The Labute approximate surface area is 218 Å². The SMILES string of the molecule is CSc1ccccc1CN1CCN(C(=O)[C@H](N)C2CCN(CCc3cc(Cl)ccc3O)CC2)CC1. The first-order chi connectivity index (χ1) is 16.9. The third-order valence-electron chi connectivity index (χ3n) is 7.43. The van der Waals surface area contributed by atoms with Gasteiger partial charge in [-0.1, -0.05) is 29.8 Å². The van der Waals surface area contributed by atoms with Gasteiger partial charge in [0, 0.05) is 49.2 Å². The molecule has 0 saturated carbocycles. The second kappa shape index (κ2) is 12.5. The number of likely N-dealkylation sites (tertiary alicyclic amines) is 1. The van der Waals surface area contributed by atoms with Gasteiger partial charge in [-0.15, -0.1) is 11.8 Å². The molecule has 8 heteroatoms. The molecule has 0 bridgehead atoms. The fourth-order valence-corrected chi connectivity index (χ4v) is 5.99. The number of hydrogen-bond donors (Lipinski definition) is 2. The molecular formula is C27H37ClN4O2S. The Balaban J connectivity index is 1.20. The number of amides is 1. The van der Waals surface area contributed by atoms with Crippen LogP contribution in [-0.2, 0) is 17.8 Å². The van der Waals surface area contributed by atoms with Crippen molar-refractivity contribution in [3.63, 3.8) is 0 Å². The number of piperazine rings is 1. The molecule has 6 nitrogen and oxygen atoms in total. The Hall–Kier alpha value is -1.77. The number of carbonyl (C=O) groups is 1. The highest BCUT2D eigenvalue weighted by Crippen LogP contribution is 2.25. The molecule has 2 heterocycles. The van der Waals surface area contributed by atoms with E-state index in [1.165, 1.54) is 10.5 Å². The van der Waals surface area contributed by atoms with E-state index in [4.69, 9.17) is 17.3 Å². The van der Waals surface area contributed by atoms with Crippen LogP contribution < -0.4 is 5.73 Å². The van der Waals surface area contributed by atoms with Gasteiger partial charge in [-0.3, -0.25) is 9.69 Å². The molecule has 2 aromatic rings. The highest BCUT2D eigenvalue weighted by atomic mass is 35.5. The summed E-state index contributed by atoms with van der Waals surface area (Å²) in [7, 11) is 0. The molecule has 2 aromatic carbocycles. The van der Waals surface area contributed by atoms with Crippen molar-refractivity contribution in [2.45, 2.75) is 36.7 Å². The van der Waals surface area contributed by atoms with Gasteiger partial charge in [0.15, 0.2) is 0 Å². The standard InChI is InChI=1S/C27H37ClN4O2S/c1-35-25-5-3-2-4-22(25)19-31-14-16-32(17-15-31)27(34)26(29)20-8-11-30(12-9-20)13-10-21-18-23(28)6-7-24(21)33/h2-7,18,20,26,33H,8-17,19,29H2,1H3/t26-/m1/s1. The summed E-state index contributed by atoms with van der Waals surface area (Å²) in [5.41, 5.74) is 8.72. The third-order valence-corrected chi connectivity index (χ3v) is 8.51. The molecular weight excluding hydrogens is 480 g/mol. The maximum atomic E-state index is 13.1. The van der Waals surface area contributed by atoms with Gasteiger partial charge in [-0.05, 0) is 79.9 Å². The number of phenols is 1. The van der Waals surface area contributed by atoms with Crippen molar-refractivity contribution in [2.24, 2.45) is 11.7 Å². The molecule has 0 radical (unpaired) electrons. The van der Waals surface area contributed by atoms with Crippen LogP contribution in [0.2, 0.25) is 5.02 Å². The number of halogens is 1. The van der Waals surface area contributed by atoms with Crippen molar-refractivity contribution in [3.05, 3.63) is 58.6 Å². The summed E-state index contributed by atoms with van der Waals surface area (Å²) in [5.74, 6) is 0.631. The second-order valence-electron chi connectivity index (χ2n) is 9.64. The first-order valence-corrected chi connectivity index (χ1v) is 14.1. The summed E-state index contributed by atoms with van der Waals surface area (Å²) in [6.45, 7) is 6.91. The predicted molar refractivity (Wildman–Crippen MR) is 144 cm³/mol. The van der Waals surface area contributed by atoms with Crippen molar-refractivity contribution < 1.29 is 9.90 Å². The van der Waals surface area contributed by atoms with Crippen molar-refractivity contribution in [3.8, 4) is 5.75 Å². The minimum absolute atomic E-state index is 0.108. The highest BCUT2D eigenvalue weighted by Gasteiger charge is 2.32. The van der Waals surface area contributed by atoms with Crippen LogP contribution in [0.25, 0.3) is 0 Å². The zero-order chi connectivity index (χ0) is 24.8. The van der Waals surface area contributed by atoms with Crippen LogP contribution in [0.3, 0.4) is 0 Å². The second-order valence-corrected chi connectivity index (χ2v) is 10.9. The van der Waals surface area contributed by atoms with E-state index in [-0.39, 0.29) is 11.8 Å². The Kier molecular flexibility index (Phi) is 9.36. The number of hydrogen-bond acceptors (Lipinski definition) is 6. The molecule has 2 saturated heterocycles. The average molecular weight is 517 g/mol. The highest BCUT2D eigenvalue weighted by molar-refractivity contribution is 7.98. The Morgan fingerprint density at radius 2 is 1.77 bits per heavy atom. The van der Waals surface area contributed by atoms with E-state index < -0.39 is 6.04 Å². The Morgan fingerprint density at radius 3 is 2.49 bits per heavy atom. The van der Waals surface area contributed by atoms with Crippen LogP contribution in [-0.4, -0.2) is 83.8 Å². The number of benzene rings is 2. The molecule has 4 rings (SSSR count). The molecule has 190 valence electrons. The topological polar surface area (TPSA) is 73.0 Å². The zero-order valence-electron chi connectivity index (χ0n) is 20.5. The maximum absolute atomic E-state index is 13.1. The van der Waals surface area contributed by atoms with E-state index in [1.807, 2.05) is 11.0 Å². The summed E-state index contributed by atoms with van der Waals surface area (Å²) >= 11 is 7.85. The van der Waals surface area contributed by atoms with Gasteiger partial charge in [0.1, 0.15) is 5.75 Å². The summed E-state index contributed by atoms with van der Waals surface area (Å²) < 4.78 is 0. The van der Waals surface area contributed by atoms with E-state index >= 15 is 0 Å². The lowest BCUT2D eigenvalue weighted by atomic mass is 9.88. The van der Waals surface area contributed by atoms with Crippen molar-refractivity contribution >= 4 is 29.3 Å². The minimum Gasteiger partial charge on any atom is -0.508 e. The Morgan fingerprint density at radius 1 is 1.06 bits per heavy atom. The molecule has 3 N–H and O–H groups in total. The number of rotatable bonds is 8. The van der Waals surface area contributed by atoms with Crippen LogP contribution in [0.5, 0.6) is 5.75 Å². The number of piperidine rings is 1. The number of phenolic OH excluding ortho intramolecular Hbond substituents is 1. The monoisotopic (exact) mass is 516 g/mol. The minimum atomic E-state index is -0.419. The molecule has 0 unspecified atom stereocenters. The van der Waals surface area contributed by atoms with E-state index in [9.17, 15) is 9.90 Å². The van der Waals surface area contributed by atoms with Gasteiger partial charge >= 0.3 is 0 Å². The number of carbonyl (C=O) groups excluding carboxylic acids is 1. The first-order valence-electron chi connectivity index (χ1n) is 12.5. The predicted octanol–water partition coefficient (Wildman–Crippen LogP) is 3.69. The lowest BCUT2D eigenvalue weighted by Crippen LogP contribution is -2.55. The van der Waals surface area contributed by atoms with Crippen molar-refractivity contribution in [1.29, 1.82) is 0 Å². The number of nitrogens with two attached hydrogens (primary N) is 1. The van der Waals surface area contributed by atoms with Crippen LogP contribution in [0.4, 0.5) is 0 Å². The fraction of sp³-hybridized carbons (Fsp3) is 0.519. The van der Waals surface area contributed by atoms with Crippen molar-refractivity contribution in [2.75, 3.05) is 52.1 Å². The zero-order valence-corrected chi connectivity index (χ0v) is 22.1. The quantitative estimate of drug-likeness (QED) is 0.521. The molecule has 2 aliphatic heterocycles. The first kappa shape index (κ1) is 26.3. The molecule has 1 atom stereocenters. The van der Waals surface area contributed by atoms with E-state index in [0.29, 0.717) is 10.8 Å². The molecule has 2 aliphatic rings. The fourth-order valence-electron chi connectivity index (χ4n) is 5.18. The van der Waals surface area contributed by atoms with Crippen molar-refractivity contribution in [1.82, 2.24) is 14.7 Å². The number of thioether (sulfide) groups is 1. The molecule has 2 fully saturated rings. The average Bonchev–Trinajstić information content (AvgIpc) is 2.89. The van der Waals surface area contributed by atoms with E-state index in [1.54, 1.807) is 23.9 Å². The molecule has 0 aromatic heterocycles. The van der Waals surface area contributed by atoms with Gasteiger partial charge in [0.05, 0.1) is 6.04 Å². The van der Waals surface area contributed by atoms with Gasteiger partial charge in [0.25, 0.3) is 0 Å². The largest absolute Gasteiger partial charge is 0.508 e. The normalized spacial score (nSPS) is 19.1. The molecule has 35 heavy (non-hydrogen) atoms. The Bertz CT molecular complexity index is 991. The smallest absolute Gasteiger partial charge is 0.239 e. The van der Waals surface area contributed by atoms with Crippen LogP contribution in [0.1, 0.15) is 24.0 Å². The van der Waals surface area contributed by atoms with Crippen LogP contribution >= 0.6 is 23.4 Å². The van der Waals surface area contributed by atoms with E-state index in [0.717, 1.165) is 77.2 Å². The summed E-state index contributed by atoms with van der Waals surface area (Å²) in [6, 6.07) is 13.3. The molecule has 0 aliphatic carbocycles. The lowest BCUT2D eigenvalue weighted by Gasteiger charge is -2.39. The van der Waals surface area contributed by atoms with Crippen LogP contribution in [0.15, 0.2) is 47.4 Å². The maximum Gasteiger partial charge on any atom is 0.239 e.